The first-order valence-electron chi connectivity index (χ1n) is 2.48. The molecule has 0 aromatic carbocycles. The van der Waals surface area contributed by atoms with Crippen LogP contribution >= 0.6 is 0 Å². The van der Waals surface area contributed by atoms with Gasteiger partial charge in [-0.05, 0) is 0 Å². The lowest BCUT2D eigenvalue weighted by Gasteiger charge is -2.10. The van der Waals surface area contributed by atoms with Gasteiger partial charge < -0.3 is 11.5 Å². The first-order chi connectivity index (χ1) is 3.95. The van der Waals surface area contributed by atoms with Gasteiger partial charge in [-0.2, -0.15) is 13.2 Å². The van der Waals surface area contributed by atoms with E-state index in [0.717, 1.165) is 0 Å². The summed E-state index contributed by atoms with van der Waals surface area (Å²) in [4.78, 5) is 0. The summed E-state index contributed by atoms with van der Waals surface area (Å²) in [5.41, 5.74) is 9.77. The molecule has 2 nitrogen and oxygen atoms in total. The molecule has 0 bridgehead atoms. The molecule has 0 aliphatic rings. The van der Waals surface area contributed by atoms with Crippen LogP contribution in [0.15, 0.2) is 0 Å². The van der Waals surface area contributed by atoms with Crippen molar-refractivity contribution in [2.75, 3.05) is 6.54 Å². The smallest absolute Gasteiger partial charge is 0.329 e. The Kier molecular flexibility index (Phi) is 2.93. The van der Waals surface area contributed by atoms with Crippen molar-refractivity contribution in [1.29, 1.82) is 0 Å². The second-order valence-corrected chi connectivity index (χ2v) is 1.82. The van der Waals surface area contributed by atoms with E-state index in [0.29, 0.717) is 0 Å². The summed E-state index contributed by atoms with van der Waals surface area (Å²) in [5, 5.41) is 0. The van der Waals surface area contributed by atoms with Gasteiger partial charge >= 0.3 is 6.18 Å². The number of rotatable bonds is 2. The largest absolute Gasteiger partial charge is 0.390 e. The second-order valence-electron chi connectivity index (χ2n) is 1.82. The summed E-state index contributed by atoms with van der Waals surface area (Å²) in [5.74, 6) is 0. The van der Waals surface area contributed by atoms with Gasteiger partial charge in [0, 0.05) is 12.6 Å². The number of nitrogens with two attached hydrogens (primary N) is 2. The summed E-state index contributed by atoms with van der Waals surface area (Å²) < 4.78 is 34.1. The minimum absolute atomic E-state index is 0.125. The fourth-order valence-corrected chi connectivity index (χ4v) is 0.381. The van der Waals surface area contributed by atoms with Gasteiger partial charge in [0.1, 0.15) is 0 Å². The maximum Gasteiger partial charge on any atom is 0.390 e. The number of halogens is 3. The van der Waals surface area contributed by atoms with E-state index in [4.69, 9.17) is 11.5 Å². The predicted molar refractivity (Wildman–Crippen MR) is 27.7 cm³/mol. The molecule has 0 heterocycles. The Labute approximate surface area is 51.0 Å². The molecule has 0 saturated heterocycles. The van der Waals surface area contributed by atoms with Crippen molar-refractivity contribution in [3.8, 4) is 0 Å². The molecular formula is C4H9F3N2. The van der Waals surface area contributed by atoms with Gasteiger partial charge in [-0.3, -0.25) is 0 Å². The average Bonchev–Trinajstić information content (AvgIpc) is 1.62. The van der Waals surface area contributed by atoms with Crippen LogP contribution in [0.25, 0.3) is 0 Å². The lowest BCUT2D eigenvalue weighted by molar-refractivity contribution is -0.137. The molecule has 56 valence electrons. The Morgan fingerprint density at radius 1 is 1.33 bits per heavy atom. The van der Waals surface area contributed by atoms with Crippen LogP contribution in [-0.4, -0.2) is 18.8 Å². The summed E-state index contributed by atoms with van der Waals surface area (Å²) in [6.45, 7) is -0.125. The Morgan fingerprint density at radius 2 is 1.78 bits per heavy atom. The fourth-order valence-electron chi connectivity index (χ4n) is 0.381. The van der Waals surface area contributed by atoms with Crippen LogP contribution in [0.3, 0.4) is 0 Å². The molecule has 0 fully saturated rings. The Balaban J connectivity index is 3.47. The van der Waals surface area contributed by atoms with Gasteiger partial charge in [0.25, 0.3) is 0 Å². The number of hydrogen-bond donors (Lipinski definition) is 2. The van der Waals surface area contributed by atoms with Crippen LogP contribution in [0.1, 0.15) is 6.42 Å². The number of hydrogen-bond acceptors (Lipinski definition) is 2. The lowest BCUT2D eigenvalue weighted by Crippen LogP contribution is -2.34. The van der Waals surface area contributed by atoms with Gasteiger partial charge in [0.2, 0.25) is 0 Å². The molecule has 0 rings (SSSR count). The third-order valence-electron chi connectivity index (χ3n) is 0.796. The molecule has 0 radical (unpaired) electrons. The predicted octanol–water partition coefficient (Wildman–Crippen LogP) is 0.225. The van der Waals surface area contributed by atoms with E-state index in [9.17, 15) is 13.2 Å². The maximum atomic E-state index is 11.4. The van der Waals surface area contributed by atoms with E-state index in [1.807, 2.05) is 0 Å². The molecular weight excluding hydrogens is 133 g/mol. The zero-order valence-electron chi connectivity index (χ0n) is 4.78. The van der Waals surface area contributed by atoms with Crippen LogP contribution in [0.4, 0.5) is 13.2 Å². The van der Waals surface area contributed by atoms with Gasteiger partial charge in [-0.1, -0.05) is 0 Å². The third-order valence-corrected chi connectivity index (χ3v) is 0.796. The maximum absolute atomic E-state index is 11.4. The summed E-state index contributed by atoms with van der Waals surface area (Å²) in [6, 6.07) is -0.954. The minimum Gasteiger partial charge on any atom is -0.329 e. The van der Waals surface area contributed by atoms with E-state index in [1.54, 1.807) is 0 Å². The van der Waals surface area contributed by atoms with Crippen LogP contribution in [-0.2, 0) is 0 Å². The summed E-state index contributed by atoms with van der Waals surface area (Å²) in [6.07, 6.45) is -5.18. The SMILES string of the molecule is NCC(N)CC(F)(F)F. The number of alkyl halides is 3. The highest BCUT2D eigenvalue weighted by molar-refractivity contribution is 4.65. The van der Waals surface area contributed by atoms with E-state index in [-0.39, 0.29) is 6.54 Å². The first-order valence-corrected chi connectivity index (χ1v) is 2.48. The quantitative estimate of drug-likeness (QED) is 0.579. The van der Waals surface area contributed by atoms with Crippen LogP contribution in [0.5, 0.6) is 0 Å². The van der Waals surface area contributed by atoms with Crippen molar-refractivity contribution in [2.45, 2.75) is 18.6 Å². The molecule has 0 amide bonds. The van der Waals surface area contributed by atoms with E-state index >= 15 is 0 Å². The molecule has 5 heteroatoms. The zero-order chi connectivity index (χ0) is 7.49. The minimum atomic E-state index is -4.18. The fraction of sp³-hybridized carbons (Fsp3) is 1.00. The van der Waals surface area contributed by atoms with Crippen molar-refractivity contribution in [2.24, 2.45) is 11.5 Å². The van der Waals surface area contributed by atoms with Crippen molar-refractivity contribution < 1.29 is 13.2 Å². The monoisotopic (exact) mass is 142 g/mol. The zero-order valence-corrected chi connectivity index (χ0v) is 4.78. The molecule has 1 unspecified atom stereocenters. The third kappa shape index (κ3) is 5.58. The topological polar surface area (TPSA) is 52.0 Å². The second kappa shape index (κ2) is 3.03. The molecule has 0 saturated carbocycles. The van der Waals surface area contributed by atoms with Crippen molar-refractivity contribution in [3.05, 3.63) is 0 Å². The van der Waals surface area contributed by atoms with Crippen LogP contribution < -0.4 is 11.5 Å². The molecule has 0 aliphatic carbocycles. The molecule has 9 heavy (non-hydrogen) atoms. The van der Waals surface area contributed by atoms with Gasteiger partial charge in [-0.15, -0.1) is 0 Å². The molecule has 4 N–H and O–H groups in total. The van der Waals surface area contributed by atoms with Crippen molar-refractivity contribution in [1.82, 2.24) is 0 Å². The van der Waals surface area contributed by atoms with Crippen molar-refractivity contribution >= 4 is 0 Å². The standard InChI is InChI=1S/C4H9F3N2/c5-4(6,7)1-3(9)2-8/h3H,1-2,8-9H2. The molecule has 1 atom stereocenters. The lowest BCUT2D eigenvalue weighted by atomic mass is 10.2. The van der Waals surface area contributed by atoms with Crippen LogP contribution in [0.2, 0.25) is 0 Å². The Bertz CT molecular complexity index is 80.4. The molecule has 0 aliphatic heterocycles. The normalized spacial score (nSPS) is 15.7. The highest BCUT2D eigenvalue weighted by Crippen LogP contribution is 2.19. The van der Waals surface area contributed by atoms with Gasteiger partial charge in [0.15, 0.2) is 0 Å². The summed E-state index contributed by atoms with van der Waals surface area (Å²) >= 11 is 0. The van der Waals surface area contributed by atoms with Crippen LogP contribution in [0, 0.1) is 0 Å². The van der Waals surface area contributed by atoms with Crippen molar-refractivity contribution in [3.63, 3.8) is 0 Å². The average molecular weight is 142 g/mol. The van der Waals surface area contributed by atoms with Gasteiger partial charge in [-0.25, -0.2) is 0 Å². The first kappa shape index (κ1) is 8.71. The van der Waals surface area contributed by atoms with E-state index in [2.05, 4.69) is 0 Å². The highest BCUT2D eigenvalue weighted by Gasteiger charge is 2.29. The van der Waals surface area contributed by atoms with E-state index in [1.165, 1.54) is 0 Å². The van der Waals surface area contributed by atoms with Gasteiger partial charge in [0.05, 0.1) is 6.42 Å². The van der Waals surface area contributed by atoms with E-state index < -0.39 is 18.6 Å². The summed E-state index contributed by atoms with van der Waals surface area (Å²) in [7, 11) is 0. The highest BCUT2D eigenvalue weighted by atomic mass is 19.4. The Hall–Kier alpha value is -0.290. The molecule has 0 spiro atoms. The Morgan fingerprint density at radius 3 is 1.89 bits per heavy atom. The molecule has 0 aromatic heterocycles. The molecule has 0 aromatic rings.